The lowest BCUT2D eigenvalue weighted by atomic mass is 9.74. The molecule has 1 N–H and O–H groups in total. The fourth-order valence-corrected chi connectivity index (χ4v) is 5.52. The number of likely N-dealkylation sites (tertiary alicyclic amines) is 1. The van der Waals surface area contributed by atoms with Crippen molar-refractivity contribution in [3.05, 3.63) is 47.9 Å². The second-order valence-corrected chi connectivity index (χ2v) is 9.46. The summed E-state index contributed by atoms with van der Waals surface area (Å²) in [7, 11) is 0. The van der Waals surface area contributed by atoms with Crippen LogP contribution in [0.2, 0.25) is 0 Å². The lowest BCUT2D eigenvalue weighted by Crippen LogP contribution is -2.56. The van der Waals surface area contributed by atoms with Gasteiger partial charge in [0, 0.05) is 19.5 Å². The van der Waals surface area contributed by atoms with Gasteiger partial charge in [-0.15, -0.1) is 0 Å². The number of nitrogens with one attached hydrogen (secondary N) is 1. The van der Waals surface area contributed by atoms with Gasteiger partial charge < -0.3 is 24.1 Å². The lowest BCUT2D eigenvalue weighted by molar-refractivity contribution is -0.136. The molecule has 2 fully saturated rings. The van der Waals surface area contributed by atoms with Crippen molar-refractivity contribution in [1.29, 1.82) is 0 Å². The number of amides is 4. The van der Waals surface area contributed by atoms with Gasteiger partial charge in [-0.3, -0.25) is 14.5 Å². The number of rotatable bonds is 8. The molecule has 3 aliphatic heterocycles. The van der Waals surface area contributed by atoms with Crippen molar-refractivity contribution in [2.24, 2.45) is 5.92 Å². The van der Waals surface area contributed by atoms with Gasteiger partial charge in [0.05, 0.1) is 12.8 Å². The number of fused-ring (bicyclic) bond motifs is 1. The number of nitrogens with zero attached hydrogens (tertiary/aromatic N) is 2. The van der Waals surface area contributed by atoms with E-state index in [2.05, 4.69) is 5.32 Å². The molecule has 35 heavy (non-hydrogen) atoms. The molecule has 0 saturated carbocycles. The Kier molecular flexibility index (Phi) is 6.40. The Labute approximate surface area is 204 Å². The highest BCUT2D eigenvalue weighted by Gasteiger charge is 2.55. The van der Waals surface area contributed by atoms with E-state index < -0.39 is 5.54 Å². The van der Waals surface area contributed by atoms with Crippen LogP contribution in [0.5, 0.6) is 11.5 Å². The first-order chi connectivity index (χ1) is 17.0. The molecule has 9 nitrogen and oxygen atoms in total. The van der Waals surface area contributed by atoms with Crippen molar-refractivity contribution in [1.82, 2.24) is 15.1 Å². The summed E-state index contributed by atoms with van der Waals surface area (Å²) in [5.41, 5.74) is 0.121. The molecule has 1 unspecified atom stereocenters. The van der Waals surface area contributed by atoms with Gasteiger partial charge in [0.25, 0.3) is 5.91 Å². The molecular weight excluding hydrogens is 450 g/mol. The second-order valence-electron chi connectivity index (χ2n) is 9.46. The van der Waals surface area contributed by atoms with Gasteiger partial charge in [0.2, 0.25) is 12.7 Å². The van der Waals surface area contributed by atoms with Crippen LogP contribution in [0, 0.1) is 5.92 Å². The van der Waals surface area contributed by atoms with Crippen LogP contribution in [0.3, 0.4) is 0 Å². The van der Waals surface area contributed by atoms with Crippen LogP contribution >= 0.6 is 0 Å². The van der Waals surface area contributed by atoms with Gasteiger partial charge >= 0.3 is 6.03 Å². The van der Waals surface area contributed by atoms with E-state index in [1.807, 2.05) is 30.0 Å². The predicted octanol–water partition coefficient (Wildman–Crippen LogP) is 3.47. The maximum absolute atomic E-state index is 13.5. The van der Waals surface area contributed by atoms with Gasteiger partial charge in [-0.1, -0.05) is 19.4 Å². The Balaban J connectivity index is 1.19. The highest BCUT2D eigenvalue weighted by atomic mass is 16.7. The maximum atomic E-state index is 13.5. The van der Waals surface area contributed by atoms with Crippen molar-refractivity contribution < 1.29 is 28.3 Å². The number of carbonyl (C=O) groups excluding carboxylic acids is 3. The Morgan fingerprint density at radius 3 is 2.69 bits per heavy atom. The molecule has 1 atom stereocenters. The second kappa shape index (κ2) is 9.64. The lowest BCUT2D eigenvalue weighted by Gasteiger charge is -2.41. The maximum Gasteiger partial charge on any atom is 0.325 e. The summed E-state index contributed by atoms with van der Waals surface area (Å²) in [6.45, 7) is 3.54. The van der Waals surface area contributed by atoms with Crippen LogP contribution in [0.25, 0.3) is 0 Å². The van der Waals surface area contributed by atoms with Crippen molar-refractivity contribution >= 4 is 17.8 Å². The minimum Gasteiger partial charge on any atom is -0.467 e. The number of carbonyl (C=O) groups is 3. The monoisotopic (exact) mass is 481 g/mol. The van der Waals surface area contributed by atoms with Crippen LogP contribution < -0.4 is 14.8 Å². The van der Waals surface area contributed by atoms with Crippen molar-refractivity contribution in [2.75, 3.05) is 19.9 Å². The van der Waals surface area contributed by atoms with E-state index in [1.54, 1.807) is 12.1 Å². The van der Waals surface area contributed by atoms with Crippen LogP contribution in [0.1, 0.15) is 50.4 Å². The topological polar surface area (TPSA) is 101 Å². The number of aryl methyl sites for hydroxylation is 1. The number of urea groups is 1. The number of piperidine rings is 1. The average molecular weight is 482 g/mol. The minimum atomic E-state index is -0.917. The zero-order chi connectivity index (χ0) is 24.4. The Bertz CT molecular complexity index is 1090. The summed E-state index contributed by atoms with van der Waals surface area (Å²) in [5, 5.41) is 3.03. The third kappa shape index (κ3) is 4.47. The molecule has 9 heteroatoms. The smallest absolute Gasteiger partial charge is 0.325 e. The number of ether oxygens (including phenoxy) is 2. The zero-order valence-corrected chi connectivity index (χ0v) is 20.0. The Morgan fingerprint density at radius 2 is 1.94 bits per heavy atom. The first kappa shape index (κ1) is 23.3. The predicted molar refractivity (Wildman–Crippen MR) is 126 cm³/mol. The SMILES string of the molecule is CCCC1(C2CCN(C(=O)CCc3ccc4c(c3)OCO4)CC2)NC(=O)N(Cc2ccco2)C1=O. The molecule has 0 aliphatic carbocycles. The molecule has 1 aromatic heterocycles. The molecule has 1 aromatic carbocycles. The third-order valence-electron chi connectivity index (χ3n) is 7.35. The fourth-order valence-electron chi connectivity index (χ4n) is 5.52. The van der Waals surface area contributed by atoms with Gasteiger partial charge in [0.15, 0.2) is 11.5 Å². The molecule has 186 valence electrons. The summed E-state index contributed by atoms with van der Waals surface area (Å²) >= 11 is 0. The molecule has 4 heterocycles. The standard InChI is InChI=1S/C26H31N3O6/c1-2-11-26(24(31)29(25(32)27-26)16-20-4-3-14-33-20)19-9-12-28(13-10-19)23(30)8-6-18-5-7-21-22(15-18)35-17-34-21/h3-5,7,14-15,19H,2,6,8-13,16-17H2,1H3,(H,27,32). The number of imide groups is 1. The summed E-state index contributed by atoms with van der Waals surface area (Å²) in [6.07, 6.45) is 5.28. The van der Waals surface area contributed by atoms with Crippen molar-refractivity contribution in [3.63, 3.8) is 0 Å². The molecule has 2 aromatic rings. The molecule has 4 amide bonds. The van der Waals surface area contributed by atoms with E-state index in [0.29, 0.717) is 51.0 Å². The summed E-state index contributed by atoms with van der Waals surface area (Å²) in [6, 6.07) is 8.90. The van der Waals surface area contributed by atoms with Crippen molar-refractivity contribution in [3.8, 4) is 11.5 Å². The van der Waals surface area contributed by atoms with E-state index >= 15 is 0 Å². The van der Waals surface area contributed by atoms with Crippen LogP contribution in [-0.2, 0) is 22.6 Å². The first-order valence-electron chi connectivity index (χ1n) is 12.3. The van der Waals surface area contributed by atoms with Crippen LogP contribution in [0.15, 0.2) is 41.0 Å². The highest BCUT2D eigenvalue weighted by molar-refractivity contribution is 6.07. The fraction of sp³-hybridized carbons (Fsp3) is 0.500. The van der Waals surface area contributed by atoms with Gasteiger partial charge in [-0.05, 0) is 61.4 Å². The quantitative estimate of drug-likeness (QED) is 0.580. The molecule has 2 saturated heterocycles. The zero-order valence-electron chi connectivity index (χ0n) is 20.0. The molecule has 0 bridgehead atoms. The first-order valence-corrected chi connectivity index (χ1v) is 12.3. The average Bonchev–Trinajstić information content (AvgIpc) is 3.60. The van der Waals surface area contributed by atoms with Crippen LogP contribution in [-0.4, -0.2) is 53.1 Å². The summed E-state index contributed by atoms with van der Waals surface area (Å²) in [5.74, 6) is 1.93. The Hall–Kier alpha value is -3.49. The van der Waals surface area contributed by atoms with Crippen molar-refractivity contribution in [2.45, 2.75) is 57.5 Å². The number of hydrogen-bond acceptors (Lipinski definition) is 6. The number of furan rings is 1. The Morgan fingerprint density at radius 1 is 1.14 bits per heavy atom. The summed E-state index contributed by atoms with van der Waals surface area (Å²) < 4.78 is 16.1. The van der Waals surface area contributed by atoms with Gasteiger partial charge in [0.1, 0.15) is 11.3 Å². The van der Waals surface area contributed by atoms with E-state index in [-0.39, 0.29) is 37.1 Å². The third-order valence-corrected chi connectivity index (χ3v) is 7.35. The minimum absolute atomic E-state index is 0.0154. The van der Waals surface area contributed by atoms with Gasteiger partial charge in [-0.2, -0.15) is 0 Å². The van der Waals surface area contributed by atoms with E-state index in [9.17, 15) is 14.4 Å². The molecule has 0 spiro atoms. The largest absolute Gasteiger partial charge is 0.467 e. The number of hydrogen-bond donors (Lipinski definition) is 1. The normalized spacial score (nSPS) is 22.1. The van der Waals surface area contributed by atoms with Gasteiger partial charge in [-0.25, -0.2) is 4.79 Å². The summed E-state index contributed by atoms with van der Waals surface area (Å²) in [4.78, 5) is 42.3. The van der Waals surface area contributed by atoms with E-state index in [0.717, 1.165) is 23.5 Å². The highest BCUT2D eigenvalue weighted by Crippen LogP contribution is 2.38. The molecule has 5 rings (SSSR count). The number of benzene rings is 1. The van der Waals surface area contributed by atoms with Crippen LogP contribution in [0.4, 0.5) is 4.79 Å². The van der Waals surface area contributed by atoms with E-state index in [4.69, 9.17) is 13.9 Å². The molecular formula is C26H31N3O6. The molecule has 0 radical (unpaired) electrons. The van der Waals surface area contributed by atoms with E-state index in [1.165, 1.54) is 11.2 Å². The molecule has 3 aliphatic rings.